The number of nitrogens with zero attached hydrogens (tertiary/aromatic N) is 1. The third-order valence-corrected chi connectivity index (χ3v) is 2.22. The van der Waals surface area contributed by atoms with Gasteiger partial charge in [0.05, 0.1) is 10.4 Å². The molecule has 1 aromatic rings. The first-order chi connectivity index (χ1) is 4.22. The number of rotatable bonds is 1. The topological polar surface area (TPSA) is 33.1 Å². The van der Waals surface area contributed by atoms with Gasteiger partial charge in [0.15, 0.2) is 0 Å². The van der Waals surface area contributed by atoms with Crippen LogP contribution in [0, 0.1) is 0 Å². The molecule has 0 spiro atoms. The molecule has 0 aromatic carbocycles. The molecule has 0 aliphatic carbocycles. The van der Waals surface area contributed by atoms with Crippen molar-refractivity contribution in [1.82, 2.24) is 4.98 Å². The van der Waals surface area contributed by atoms with Gasteiger partial charge >= 0.3 is 0 Å². The van der Waals surface area contributed by atoms with E-state index in [4.69, 9.17) is 5.11 Å². The fourth-order valence-electron chi connectivity index (χ4n) is 0.644. The summed E-state index contributed by atoms with van der Waals surface area (Å²) in [7, 11) is 0. The van der Waals surface area contributed by atoms with Gasteiger partial charge in [-0.25, -0.2) is 4.98 Å². The highest BCUT2D eigenvalue weighted by molar-refractivity contribution is 7.10. The second kappa shape index (κ2) is 2.35. The molecule has 1 rings (SSSR count). The van der Waals surface area contributed by atoms with E-state index in [0.717, 1.165) is 4.88 Å². The third-order valence-electron chi connectivity index (χ3n) is 1.10. The average Bonchev–Trinajstić information content (AvgIpc) is 2.13. The van der Waals surface area contributed by atoms with Gasteiger partial charge in [-0.15, -0.1) is 11.3 Å². The Labute approximate surface area is 58.2 Å². The molecule has 1 heterocycles. The van der Waals surface area contributed by atoms with E-state index >= 15 is 0 Å². The van der Waals surface area contributed by atoms with Gasteiger partial charge in [-0.05, 0) is 5.92 Å². The van der Waals surface area contributed by atoms with Crippen LogP contribution in [0.25, 0.3) is 0 Å². The lowest BCUT2D eigenvalue weighted by Gasteiger charge is -1.97. The highest BCUT2D eigenvalue weighted by Gasteiger charge is 2.06. The Bertz CT molecular complexity index is 195. The second-order valence-electron chi connectivity index (χ2n) is 2.19. The van der Waals surface area contributed by atoms with Gasteiger partial charge in [0, 0.05) is 0 Å². The monoisotopic (exact) mass is 143 g/mol. The predicted molar refractivity (Wildman–Crippen MR) is 37.9 cm³/mol. The summed E-state index contributed by atoms with van der Waals surface area (Å²) in [4.78, 5) is 4.68. The van der Waals surface area contributed by atoms with Crippen LogP contribution in [0.1, 0.15) is 24.6 Å². The molecular formula is C6H9NOS. The first-order valence-corrected chi connectivity index (χ1v) is 3.72. The smallest absolute Gasteiger partial charge is 0.225 e. The molecule has 9 heavy (non-hydrogen) atoms. The molecule has 0 unspecified atom stereocenters. The molecule has 3 heteroatoms. The number of aromatic nitrogens is 1. The lowest BCUT2D eigenvalue weighted by atomic mass is 10.2. The van der Waals surface area contributed by atoms with Crippen molar-refractivity contribution in [3.8, 4) is 5.88 Å². The van der Waals surface area contributed by atoms with Crippen LogP contribution in [0.3, 0.4) is 0 Å². The van der Waals surface area contributed by atoms with E-state index in [1.54, 1.807) is 5.51 Å². The molecule has 0 fully saturated rings. The van der Waals surface area contributed by atoms with Gasteiger partial charge in [0.1, 0.15) is 0 Å². The molecule has 0 bridgehead atoms. The zero-order chi connectivity index (χ0) is 6.85. The van der Waals surface area contributed by atoms with Crippen LogP contribution in [-0.2, 0) is 0 Å². The quantitative estimate of drug-likeness (QED) is 0.652. The van der Waals surface area contributed by atoms with E-state index in [-0.39, 0.29) is 5.88 Å². The van der Waals surface area contributed by atoms with Gasteiger partial charge < -0.3 is 5.11 Å². The highest BCUT2D eigenvalue weighted by atomic mass is 32.1. The van der Waals surface area contributed by atoms with E-state index in [1.165, 1.54) is 11.3 Å². The third kappa shape index (κ3) is 1.21. The average molecular weight is 143 g/mol. The highest BCUT2D eigenvalue weighted by Crippen LogP contribution is 2.27. The number of thiazole rings is 1. The standard InChI is InChI=1S/C6H9NOS/c1-4(2)5-6(8)7-3-9-5/h3-4,8H,1-2H3. The maximum Gasteiger partial charge on any atom is 0.225 e. The van der Waals surface area contributed by atoms with Crippen LogP contribution in [-0.4, -0.2) is 10.1 Å². The van der Waals surface area contributed by atoms with E-state index in [2.05, 4.69) is 4.98 Å². The van der Waals surface area contributed by atoms with Gasteiger partial charge in [0.25, 0.3) is 0 Å². The van der Waals surface area contributed by atoms with E-state index in [0.29, 0.717) is 5.92 Å². The van der Waals surface area contributed by atoms with Crippen LogP contribution >= 0.6 is 11.3 Å². The van der Waals surface area contributed by atoms with Crippen LogP contribution < -0.4 is 0 Å². The molecule has 0 amide bonds. The normalized spacial score (nSPS) is 10.6. The van der Waals surface area contributed by atoms with Gasteiger partial charge in [-0.2, -0.15) is 0 Å². The van der Waals surface area contributed by atoms with E-state index < -0.39 is 0 Å². The predicted octanol–water partition coefficient (Wildman–Crippen LogP) is 1.97. The van der Waals surface area contributed by atoms with Crippen LogP contribution in [0.2, 0.25) is 0 Å². The molecule has 0 atom stereocenters. The molecule has 0 aliphatic heterocycles. The Kier molecular flexibility index (Phi) is 1.71. The van der Waals surface area contributed by atoms with Crippen molar-refractivity contribution in [3.05, 3.63) is 10.4 Å². The minimum atomic E-state index is 0.190. The first-order valence-electron chi connectivity index (χ1n) is 2.84. The molecule has 0 aliphatic rings. The number of aromatic hydroxyl groups is 1. The first kappa shape index (κ1) is 6.55. The Hall–Kier alpha value is -0.570. The maximum absolute atomic E-state index is 9.02. The molecular weight excluding hydrogens is 134 g/mol. The van der Waals surface area contributed by atoms with Crippen molar-refractivity contribution in [1.29, 1.82) is 0 Å². The Balaban J connectivity index is 2.94. The Morgan fingerprint density at radius 1 is 1.67 bits per heavy atom. The van der Waals surface area contributed by atoms with Crippen LogP contribution in [0.15, 0.2) is 5.51 Å². The molecule has 0 saturated heterocycles. The zero-order valence-corrected chi connectivity index (χ0v) is 6.27. The summed E-state index contributed by atoms with van der Waals surface area (Å²) in [6.45, 7) is 4.07. The van der Waals surface area contributed by atoms with Crippen LogP contribution in [0.5, 0.6) is 5.88 Å². The summed E-state index contributed by atoms with van der Waals surface area (Å²) in [5.74, 6) is 0.576. The fourth-order valence-corrected chi connectivity index (χ4v) is 1.34. The lowest BCUT2D eigenvalue weighted by Crippen LogP contribution is -1.80. The molecule has 0 radical (unpaired) electrons. The van der Waals surface area contributed by atoms with Gasteiger partial charge in [-0.1, -0.05) is 13.8 Å². The largest absolute Gasteiger partial charge is 0.492 e. The van der Waals surface area contributed by atoms with Gasteiger partial charge in [-0.3, -0.25) is 0 Å². The van der Waals surface area contributed by atoms with Crippen molar-refractivity contribution in [3.63, 3.8) is 0 Å². The molecule has 1 aromatic heterocycles. The number of hydrogen-bond acceptors (Lipinski definition) is 3. The van der Waals surface area contributed by atoms with Crippen molar-refractivity contribution in [2.75, 3.05) is 0 Å². The van der Waals surface area contributed by atoms with E-state index in [1.807, 2.05) is 13.8 Å². The summed E-state index contributed by atoms with van der Waals surface area (Å²) < 4.78 is 0. The molecule has 50 valence electrons. The fraction of sp³-hybridized carbons (Fsp3) is 0.500. The van der Waals surface area contributed by atoms with Crippen molar-refractivity contribution >= 4 is 11.3 Å². The lowest BCUT2D eigenvalue weighted by molar-refractivity contribution is 0.448. The molecule has 2 nitrogen and oxygen atoms in total. The van der Waals surface area contributed by atoms with Crippen LogP contribution in [0.4, 0.5) is 0 Å². The van der Waals surface area contributed by atoms with Crippen molar-refractivity contribution < 1.29 is 5.11 Å². The van der Waals surface area contributed by atoms with Crippen molar-refractivity contribution in [2.45, 2.75) is 19.8 Å². The second-order valence-corrected chi connectivity index (χ2v) is 3.08. The minimum Gasteiger partial charge on any atom is -0.492 e. The summed E-state index contributed by atoms with van der Waals surface area (Å²) in [5.41, 5.74) is 1.66. The molecule has 1 N–H and O–H groups in total. The zero-order valence-electron chi connectivity index (χ0n) is 5.46. The maximum atomic E-state index is 9.02. The summed E-state index contributed by atoms with van der Waals surface area (Å²) in [6, 6.07) is 0. The van der Waals surface area contributed by atoms with E-state index in [9.17, 15) is 0 Å². The molecule has 0 saturated carbocycles. The summed E-state index contributed by atoms with van der Waals surface area (Å²) >= 11 is 1.50. The Morgan fingerprint density at radius 2 is 2.33 bits per heavy atom. The SMILES string of the molecule is CC(C)c1scnc1O. The van der Waals surface area contributed by atoms with Gasteiger partial charge in [0.2, 0.25) is 5.88 Å². The minimum absolute atomic E-state index is 0.190. The number of hydrogen-bond donors (Lipinski definition) is 1. The van der Waals surface area contributed by atoms with Crippen molar-refractivity contribution in [2.24, 2.45) is 0 Å². The summed E-state index contributed by atoms with van der Waals surface area (Å²) in [6.07, 6.45) is 0. The Morgan fingerprint density at radius 3 is 2.56 bits per heavy atom. The summed E-state index contributed by atoms with van der Waals surface area (Å²) in [5, 5.41) is 9.02.